The summed E-state index contributed by atoms with van der Waals surface area (Å²) in [5.74, 6) is 0.135. The van der Waals surface area contributed by atoms with E-state index in [2.05, 4.69) is 42.2 Å². The maximum atomic E-state index is 12.7. The van der Waals surface area contributed by atoms with E-state index in [-0.39, 0.29) is 5.91 Å². The molecule has 0 spiro atoms. The minimum atomic E-state index is 0.135. The number of carbonyl (C=O) groups is 1. The first-order chi connectivity index (χ1) is 12.1. The largest absolute Gasteiger partial charge is 0.361 e. The molecule has 0 saturated heterocycles. The maximum Gasteiger partial charge on any atom is 0.253 e. The number of benzene rings is 2. The standard InChI is InChI=1S/C22H24N2O/c1-15-14-23-21-12-11-18(13-20(15)21)16-7-9-17(10-8-16)22(25)24(2)19-5-3-4-6-19/h7-14,19,23H,3-6H2,1-2H3. The Bertz CT molecular complexity index is 901. The van der Waals surface area contributed by atoms with Crippen LogP contribution in [0.4, 0.5) is 0 Å². The fourth-order valence-electron chi connectivity index (χ4n) is 3.91. The lowest BCUT2D eigenvalue weighted by Gasteiger charge is -2.24. The number of carbonyl (C=O) groups excluding carboxylic acids is 1. The van der Waals surface area contributed by atoms with Crippen molar-refractivity contribution >= 4 is 16.8 Å². The van der Waals surface area contributed by atoms with E-state index in [1.807, 2.05) is 30.3 Å². The van der Waals surface area contributed by atoms with Gasteiger partial charge in [-0.05, 0) is 60.7 Å². The minimum absolute atomic E-state index is 0.135. The van der Waals surface area contributed by atoms with Crippen molar-refractivity contribution in [3.05, 3.63) is 59.8 Å². The van der Waals surface area contributed by atoms with E-state index in [4.69, 9.17) is 0 Å². The van der Waals surface area contributed by atoms with Gasteiger partial charge in [-0.25, -0.2) is 0 Å². The molecule has 1 N–H and O–H groups in total. The number of hydrogen-bond acceptors (Lipinski definition) is 1. The molecule has 3 nitrogen and oxygen atoms in total. The molecule has 1 aromatic heterocycles. The predicted octanol–water partition coefficient (Wildman–Crippen LogP) is 5.16. The highest BCUT2D eigenvalue weighted by molar-refractivity contribution is 5.95. The summed E-state index contributed by atoms with van der Waals surface area (Å²) < 4.78 is 0. The predicted molar refractivity (Wildman–Crippen MR) is 103 cm³/mol. The van der Waals surface area contributed by atoms with Crippen LogP contribution in [0.3, 0.4) is 0 Å². The fraction of sp³-hybridized carbons (Fsp3) is 0.318. The van der Waals surface area contributed by atoms with Crippen molar-refractivity contribution in [1.82, 2.24) is 9.88 Å². The zero-order chi connectivity index (χ0) is 17.4. The van der Waals surface area contributed by atoms with Crippen molar-refractivity contribution < 1.29 is 4.79 Å². The quantitative estimate of drug-likeness (QED) is 0.707. The number of amides is 1. The highest BCUT2D eigenvalue weighted by Crippen LogP contribution is 2.27. The average molecular weight is 332 g/mol. The SMILES string of the molecule is Cc1c[nH]c2ccc(-c3ccc(C(=O)N(C)C4CCCC4)cc3)cc12. The van der Waals surface area contributed by atoms with Gasteiger partial charge >= 0.3 is 0 Å². The summed E-state index contributed by atoms with van der Waals surface area (Å²) in [6, 6.07) is 14.9. The molecule has 128 valence electrons. The minimum Gasteiger partial charge on any atom is -0.361 e. The van der Waals surface area contributed by atoms with Gasteiger partial charge in [0.15, 0.2) is 0 Å². The number of aromatic amines is 1. The van der Waals surface area contributed by atoms with Crippen molar-refractivity contribution in [1.29, 1.82) is 0 Å². The van der Waals surface area contributed by atoms with Gasteiger partial charge < -0.3 is 9.88 Å². The lowest BCUT2D eigenvalue weighted by atomic mass is 10.0. The monoisotopic (exact) mass is 332 g/mol. The normalized spacial score (nSPS) is 15.0. The molecule has 1 heterocycles. The van der Waals surface area contributed by atoms with E-state index < -0.39 is 0 Å². The second-order valence-electron chi connectivity index (χ2n) is 7.16. The number of aryl methyl sites for hydroxylation is 1. The Morgan fingerprint density at radius 1 is 1.04 bits per heavy atom. The van der Waals surface area contributed by atoms with E-state index in [9.17, 15) is 4.79 Å². The Kier molecular flexibility index (Phi) is 4.08. The lowest BCUT2D eigenvalue weighted by molar-refractivity contribution is 0.0735. The summed E-state index contributed by atoms with van der Waals surface area (Å²) in [5, 5.41) is 1.25. The zero-order valence-electron chi connectivity index (χ0n) is 14.9. The van der Waals surface area contributed by atoms with Gasteiger partial charge in [-0.15, -0.1) is 0 Å². The van der Waals surface area contributed by atoms with E-state index in [0.717, 1.165) is 29.5 Å². The van der Waals surface area contributed by atoms with Crippen LogP contribution in [0, 0.1) is 6.92 Å². The van der Waals surface area contributed by atoms with Crippen LogP contribution < -0.4 is 0 Å². The van der Waals surface area contributed by atoms with Crippen LogP contribution in [0.15, 0.2) is 48.7 Å². The summed E-state index contributed by atoms with van der Waals surface area (Å²) >= 11 is 0. The van der Waals surface area contributed by atoms with Gasteiger partial charge in [0.2, 0.25) is 0 Å². The topological polar surface area (TPSA) is 36.1 Å². The van der Waals surface area contributed by atoms with Crippen molar-refractivity contribution in [3.63, 3.8) is 0 Å². The second kappa shape index (κ2) is 6.40. The summed E-state index contributed by atoms with van der Waals surface area (Å²) in [6.07, 6.45) is 6.78. The molecule has 0 aliphatic heterocycles. The van der Waals surface area contributed by atoms with Gasteiger partial charge in [-0.1, -0.05) is 31.0 Å². The zero-order valence-corrected chi connectivity index (χ0v) is 14.9. The average Bonchev–Trinajstić information content (AvgIpc) is 3.31. The molecule has 3 aromatic rings. The molecule has 25 heavy (non-hydrogen) atoms. The first kappa shape index (κ1) is 15.9. The number of H-pyrrole nitrogens is 1. The molecule has 0 bridgehead atoms. The van der Waals surface area contributed by atoms with Crippen LogP contribution in [-0.2, 0) is 0 Å². The molecular weight excluding hydrogens is 308 g/mol. The first-order valence-corrected chi connectivity index (χ1v) is 9.09. The Morgan fingerprint density at radius 2 is 1.72 bits per heavy atom. The van der Waals surface area contributed by atoms with E-state index in [0.29, 0.717) is 6.04 Å². The van der Waals surface area contributed by atoms with Crippen LogP contribution in [0.25, 0.3) is 22.0 Å². The third kappa shape index (κ3) is 2.95. The molecule has 1 saturated carbocycles. The number of nitrogens with one attached hydrogen (secondary N) is 1. The third-order valence-electron chi connectivity index (χ3n) is 5.55. The number of nitrogens with zero attached hydrogens (tertiary/aromatic N) is 1. The number of aromatic nitrogens is 1. The molecule has 0 atom stereocenters. The highest BCUT2D eigenvalue weighted by atomic mass is 16.2. The van der Waals surface area contributed by atoms with Gasteiger partial charge in [-0.2, -0.15) is 0 Å². The van der Waals surface area contributed by atoms with Crippen molar-refractivity contribution in [2.24, 2.45) is 0 Å². The Hall–Kier alpha value is -2.55. The summed E-state index contributed by atoms with van der Waals surface area (Å²) in [5.41, 5.74) is 5.51. The third-order valence-corrected chi connectivity index (χ3v) is 5.55. The smallest absolute Gasteiger partial charge is 0.253 e. The van der Waals surface area contributed by atoms with Gasteiger partial charge in [0.25, 0.3) is 5.91 Å². The van der Waals surface area contributed by atoms with Crippen LogP contribution in [0.2, 0.25) is 0 Å². The van der Waals surface area contributed by atoms with Crippen LogP contribution >= 0.6 is 0 Å². The van der Waals surface area contributed by atoms with Crippen LogP contribution in [-0.4, -0.2) is 28.9 Å². The Balaban J connectivity index is 1.58. The molecular formula is C22H24N2O. The van der Waals surface area contributed by atoms with E-state index in [1.165, 1.54) is 29.4 Å². The Morgan fingerprint density at radius 3 is 2.44 bits per heavy atom. The summed E-state index contributed by atoms with van der Waals surface area (Å²) in [7, 11) is 1.94. The Labute approximate surface area is 148 Å². The van der Waals surface area contributed by atoms with Crippen molar-refractivity contribution in [3.8, 4) is 11.1 Å². The fourth-order valence-corrected chi connectivity index (χ4v) is 3.91. The highest BCUT2D eigenvalue weighted by Gasteiger charge is 2.24. The van der Waals surface area contributed by atoms with Gasteiger partial charge in [0, 0.05) is 35.8 Å². The molecule has 1 aliphatic carbocycles. The van der Waals surface area contributed by atoms with Gasteiger partial charge in [0.1, 0.15) is 0 Å². The summed E-state index contributed by atoms with van der Waals surface area (Å²) in [6.45, 7) is 2.11. The number of hydrogen-bond donors (Lipinski definition) is 1. The number of fused-ring (bicyclic) bond motifs is 1. The lowest BCUT2D eigenvalue weighted by Crippen LogP contribution is -2.35. The number of rotatable bonds is 3. The molecule has 2 aromatic carbocycles. The molecule has 3 heteroatoms. The summed E-state index contributed by atoms with van der Waals surface area (Å²) in [4.78, 5) is 17.9. The molecule has 4 rings (SSSR count). The maximum absolute atomic E-state index is 12.7. The molecule has 1 amide bonds. The molecule has 0 radical (unpaired) electrons. The van der Waals surface area contributed by atoms with Gasteiger partial charge in [-0.3, -0.25) is 4.79 Å². The molecule has 1 fully saturated rings. The van der Waals surface area contributed by atoms with E-state index in [1.54, 1.807) is 0 Å². The van der Waals surface area contributed by atoms with Crippen molar-refractivity contribution in [2.45, 2.75) is 38.6 Å². The molecule has 0 unspecified atom stereocenters. The van der Waals surface area contributed by atoms with E-state index >= 15 is 0 Å². The molecule has 1 aliphatic rings. The second-order valence-corrected chi connectivity index (χ2v) is 7.16. The van der Waals surface area contributed by atoms with Gasteiger partial charge in [0.05, 0.1) is 0 Å². The van der Waals surface area contributed by atoms with Crippen LogP contribution in [0.5, 0.6) is 0 Å². The van der Waals surface area contributed by atoms with Crippen molar-refractivity contribution in [2.75, 3.05) is 7.05 Å². The first-order valence-electron chi connectivity index (χ1n) is 9.09. The van der Waals surface area contributed by atoms with Crippen LogP contribution in [0.1, 0.15) is 41.6 Å².